The number of urea groups is 1. The minimum atomic E-state index is -0.623. The smallest absolute Gasteiger partial charge is 0.373 e. The lowest BCUT2D eigenvalue weighted by atomic mass is 10.3. The fraction of sp³-hybridized carbons (Fsp3) is 0.133. The van der Waals surface area contributed by atoms with Gasteiger partial charge in [-0.3, -0.25) is 9.69 Å². The number of thiophene rings is 1. The molecule has 1 aliphatic rings. The van der Waals surface area contributed by atoms with Gasteiger partial charge in [-0.25, -0.2) is 9.59 Å². The molecule has 0 bridgehead atoms. The first-order valence-electron chi connectivity index (χ1n) is 6.73. The van der Waals surface area contributed by atoms with Gasteiger partial charge in [-0.05, 0) is 40.2 Å². The molecule has 0 atom stereocenters. The number of ether oxygens (including phenoxy) is 1. The third kappa shape index (κ3) is 3.26. The molecule has 2 aromatic rings. The van der Waals surface area contributed by atoms with Gasteiger partial charge >= 0.3 is 12.0 Å². The van der Waals surface area contributed by atoms with Crippen LogP contribution in [0.5, 0.6) is 0 Å². The second-order valence-corrected chi connectivity index (χ2v) is 6.66. The molecule has 24 heavy (non-hydrogen) atoms. The van der Waals surface area contributed by atoms with E-state index in [-0.39, 0.29) is 18.0 Å². The third-order valence-corrected chi connectivity index (χ3v) is 4.84. The van der Waals surface area contributed by atoms with Crippen molar-refractivity contribution in [1.82, 2.24) is 10.2 Å². The number of carbonyl (C=O) groups is 3. The van der Waals surface area contributed by atoms with Gasteiger partial charge in [0.1, 0.15) is 11.5 Å². The standard InChI is InChI=1S/C15H11BrN2O5S/c1-22-14(20)12-3-2-9(23-12)6-18-13(19)11(17-15(18)21)5-10-4-8(16)7-24-10/h2-5,7H,6H2,1H3,(H,17,21)/b11-5-. The van der Waals surface area contributed by atoms with E-state index in [2.05, 4.69) is 26.0 Å². The Kier molecular flexibility index (Phi) is 4.54. The van der Waals surface area contributed by atoms with Crippen molar-refractivity contribution in [3.8, 4) is 0 Å². The Morgan fingerprint density at radius 2 is 2.25 bits per heavy atom. The molecule has 1 saturated heterocycles. The van der Waals surface area contributed by atoms with Crippen LogP contribution < -0.4 is 5.32 Å². The van der Waals surface area contributed by atoms with Crippen LogP contribution in [0.25, 0.3) is 6.08 Å². The normalized spacial score (nSPS) is 15.9. The number of hydrogen-bond donors (Lipinski definition) is 1. The number of hydrogen-bond acceptors (Lipinski definition) is 6. The molecule has 3 amide bonds. The zero-order valence-corrected chi connectivity index (χ0v) is 14.8. The Bertz CT molecular complexity index is 854. The summed E-state index contributed by atoms with van der Waals surface area (Å²) >= 11 is 4.77. The van der Waals surface area contributed by atoms with Crippen LogP contribution in [0.2, 0.25) is 0 Å². The number of nitrogens with zero attached hydrogens (tertiary/aromatic N) is 1. The lowest BCUT2D eigenvalue weighted by molar-refractivity contribution is -0.123. The first-order chi connectivity index (χ1) is 11.5. The van der Waals surface area contributed by atoms with Crippen LogP contribution in [-0.4, -0.2) is 29.9 Å². The SMILES string of the molecule is COC(=O)c1ccc(CN2C(=O)N/C(=C\c3cc(Br)cs3)C2=O)o1. The molecule has 1 fully saturated rings. The molecule has 7 nitrogen and oxygen atoms in total. The van der Waals surface area contributed by atoms with E-state index in [4.69, 9.17) is 4.42 Å². The van der Waals surface area contributed by atoms with Gasteiger partial charge in [-0.15, -0.1) is 11.3 Å². The summed E-state index contributed by atoms with van der Waals surface area (Å²) in [5, 5.41) is 4.41. The topological polar surface area (TPSA) is 88.9 Å². The number of nitrogens with one attached hydrogen (secondary N) is 1. The van der Waals surface area contributed by atoms with Gasteiger partial charge in [0, 0.05) is 14.7 Å². The second-order valence-electron chi connectivity index (χ2n) is 4.80. The highest BCUT2D eigenvalue weighted by Gasteiger charge is 2.34. The maximum Gasteiger partial charge on any atom is 0.373 e. The van der Waals surface area contributed by atoms with E-state index in [1.807, 2.05) is 11.4 Å². The van der Waals surface area contributed by atoms with Gasteiger partial charge in [0.25, 0.3) is 5.91 Å². The van der Waals surface area contributed by atoms with Crippen LogP contribution in [0.3, 0.4) is 0 Å². The van der Waals surface area contributed by atoms with Gasteiger partial charge < -0.3 is 14.5 Å². The predicted octanol–water partition coefficient (Wildman–Crippen LogP) is 2.98. The maximum atomic E-state index is 12.4. The molecule has 9 heteroatoms. The molecule has 3 heterocycles. The maximum absolute atomic E-state index is 12.4. The Morgan fingerprint density at radius 1 is 1.46 bits per heavy atom. The Hall–Kier alpha value is -2.39. The Labute approximate surface area is 149 Å². The van der Waals surface area contributed by atoms with Crippen molar-refractivity contribution in [3.63, 3.8) is 0 Å². The first-order valence-corrected chi connectivity index (χ1v) is 8.41. The lowest BCUT2D eigenvalue weighted by Gasteiger charge is -2.09. The van der Waals surface area contributed by atoms with Crippen molar-refractivity contribution in [3.05, 3.63) is 50.1 Å². The molecule has 3 rings (SSSR count). The van der Waals surface area contributed by atoms with Crippen LogP contribution in [0, 0.1) is 0 Å². The number of imide groups is 1. The summed E-state index contributed by atoms with van der Waals surface area (Å²) in [6, 6.07) is 4.25. The Balaban J connectivity index is 1.76. The monoisotopic (exact) mass is 410 g/mol. The number of carbonyl (C=O) groups excluding carboxylic acids is 3. The molecular formula is C15H11BrN2O5S. The summed E-state index contributed by atoms with van der Waals surface area (Å²) in [6.07, 6.45) is 1.61. The molecule has 1 N–H and O–H groups in total. The zero-order chi connectivity index (χ0) is 17.3. The molecule has 0 saturated carbocycles. The number of methoxy groups -OCH3 is 1. The van der Waals surface area contributed by atoms with Gasteiger partial charge in [0.05, 0.1) is 13.7 Å². The average Bonchev–Trinajstić information content (AvgIpc) is 3.24. The first kappa shape index (κ1) is 16.5. The number of rotatable bonds is 4. The summed E-state index contributed by atoms with van der Waals surface area (Å²) in [5.41, 5.74) is 0.189. The van der Waals surface area contributed by atoms with Crippen LogP contribution in [0.4, 0.5) is 4.79 Å². The summed E-state index contributed by atoms with van der Waals surface area (Å²) < 4.78 is 10.7. The van der Waals surface area contributed by atoms with E-state index in [0.717, 1.165) is 14.2 Å². The van der Waals surface area contributed by atoms with E-state index in [0.29, 0.717) is 5.76 Å². The minimum Gasteiger partial charge on any atom is -0.463 e. The van der Waals surface area contributed by atoms with E-state index in [9.17, 15) is 14.4 Å². The number of esters is 1. The number of amides is 3. The molecule has 1 aliphatic heterocycles. The Morgan fingerprint density at radius 3 is 2.92 bits per heavy atom. The molecule has 0 radical (unpaired) electrons. The van der Waals surface area contributed by atoms with Gasteiger partial charge in [-0.2, -0.15) is 0 Å². The highest BCUT2D eigenvalue weighted by Crippen LogP contribution is 2.24. The largest absolute Gasteiger partial charge is 0.463 e. The van der Waals surface area contributed by atoms with Crippen molar-refractivity contribution in [2.24, 2.45) is 0 Å². The average molecular weight is 411 g/mol. The predicted molar refractivity (Wildman–Crippen MR) is 89.1 cm³/mol. The molecular weight excluding hydrogens is 400 g/mol. The molecule has 0 unspecified atom stereocenters. The van der Waals surface area contributed by atoms with Crippen molar-refractivity contribution in [2.75, 3.05) is 7.11 Å². The van der Waals surface area contributed by atoms with E-state index < -0.39 is 17.9 Å². The fourth-order valence-corrected chi connectivity index (χ4v) is 3.47. The molecule has 0 spiro atoms. The van der Waals surface area contributed by atoms with E-state index in [1.54, 1.807) is 6.08 Å². The third-order valence-electron chi connectivity index (χ3n) is 3.20. The second kappa shape index (κ2) is 6.62. The van der Waals surface area contributed by atoms with E-state index in [1.165, 1.54) is 30.6 Å². The van der Waals surface area contributed by atoms with Gasteiger partial charge in [0.2, 0.25) is 5.76 Å². The van der Waals surface area contributed by atoms with Crippen LogP contribution in [0.15, 0.2) is 38.2 Å². The van der Waals surface area contributed by atoms with Crippen LogP contribution >= 0.6 is 27.3 Å². The van der Waals surface area contributed by atoms with Crippen LogP contribution in [-0.2, 0) is 16.1 Å². The van der Waals surface area contributed by atoms with Gasteiger partial charge in [0.15, 0.2) is 0 Å². The number of halogens is 1. The van der Waals surface area contributed by atoms with Crippen molar-refractivity contribution in [2.45, 2.75) is 6.54 Å². The lowest BCUT2D eigenvalue weighted by Crippen LogP contribution is -2.30. The minimum absolute atomic E-state index is 0.0127. The highest BCUT2D eigenvalue weighted by molar-refractivity contribution is 9.10. The highest BCUT2D eigenvalue weighted by atomic mass is 79.9. The number of furan rings is 1. The summed E-state index contributed by atoms with van der Waals surface area (Å²) in [7, 11) is 1.24. The zero-order valence-electron chi connectivity index (χ0n) is 12.4. The van der Waals surface area contributed by atoms with Crippen molar-refractivity contribution in [1.29, 1.82) is 0 Å². The molecule has 2 aromatic heterocycles. The van der Waals surface area contributed by atoms with Crippen molar-refractivity contribution >= 4 is 51.3 Å². The summed E-state index contributed by atoms with van der Waals surface area (Å²) in [4.78, 5) is 37.6. The van der Waals surface area contributed by atoms with Crippen LogP contribution in [0.1, 0.15) is 21.2 Å². The molecule has 124 valence electrons. The van der Waals surface area contributed by atoms with Gasteiger partial charge in [-0.1, -0.05) is 0 Å². The summed E-state index contributed by atoms with van der Waals surface area (Å²) in [5.74, 6) is -0.763. The fourth-order valence-electron chi connectivity index (χ4n) is 2.09. The molecule has 0 aliphatic carbocycles. The quantitative estimate of drug-likeness (QED) is 0.475. The molecule has 0 aromatic carbocycles. The van der Waals surface area contributed by atoms with E-state index >= 15 is 0 Å². The summed E-state index contributed by atoms with van der Waals surface area (Å²) in [6.45, 7) is -0.0763. The van der Waals surface area contributed by atoms with Crippen molar-refractivity contribution < 1.29 is 23.5 Å².